The highest BCUT2D eigenvalue weighted by Crippen LogP contribution is 2.12. The molecule has 27 heavy (non-hydrogen) atoms. The summed E-state index contributed by atoms with van der Waals surface area (Å²) in [6.07, 6.45) is 1.02. The Morgan fingerprint density at radius 1 is 1.04 bits per heavy atom. The number of amides is 1. The summed E-state index contributed by atoms with van der Waals surface area (Å²) in [6.45, 7) is 4.56. The summed E-state index contributed by atoms with van der Waals surface area (Å²) in [7, 11) is 1.60. The fourth-order valence-corrected chi connectivity index (χ4v) is 3.44. The van der Waals surface area contributed by atoms with Crippen LogP contribution in [0.4, 0.5) is 0 Å². The number of methoxy groups -OCH3 is 1. The molecule has 0 saturated carbocycles. The Balaban J connectivity index is 1.52. The van der Waals surface area contributed by atoms with Gasteiger partial charge >= 0.3 is 0 Å². The first-order valence-electron chi connectivity index (χ1n) is 9.16. The minimum atomic E-state index is -0.187. The molecule has 0 atom stereocenters. The molecule has 142 valence electrons. The molecule has 2 aromatic carbocycles. The minimum Gasteiger partial charge on any atom is -0.497 e. The van der Waals surface area contributed by atoms with Gasteiger partial charge in [-0.05, 0) is 48.5 Å². The highest BCUT2D eigenvalue weighted by atomic mass is 32.1. The molecular formula is C21H25N3O2S. The van der Waals surface area contributed by atoms with Crippen molar-refractivity contribution in [1.82, 2.24) is 15.1 Å². The van der Waals surface area contributed by atoms with E-state index in [0.29, 0.717) is 10.7 Å². The third-order valence-electron chi connectivity index (χ3n) is 4.70. The first-order valence-corrected chi connectivity index (χ1v) is 9.57. The smallest absolute Gasteiger partial charge is 0.257 e. The number of carbonyl (C=O) groups is 1. The van der Waals surface area contributed by atoms with Crippen LogP contribution >= 0.6 is 12.2 Å². The average Bonchev–Trinajstić information content (AvgIpc) is 2.94. The fourth-order valence-electron chi connectivity index (χ4n) is 3.16. The zero-order chi connectivity index (χ0) is 19.1. The predicted octanol–water partition coefficient (Wildman–Crippen LogP) is 2.92. The van der Waals surface area contributed by atoms with E-state index in [-0.39, 0.29) is 5.91 Å². The topological polar surface area (TPSA) is 44.8 Å². The van der Waals surface area contributed by atoms with Gasteiger partial charge in [-0.3, -0.25) is 15.0 Å². The van der Waals surface area contributed by atoms with Crippen LogP contribution in [-0.4, -0.2) is 54.1 Å². The number of rotatable bonds is 4. The lowest BCUT2D eigenvalue weighted by molar-refractivity contribution is 0.0973. The predicted molar refractivity (Wildman–Crippen MR) is 111 cm³/mol. The highest BCUT2D eigenvalue weighted by molar-refractivity contribution is 7.80. The standard InChI is InChI=1S/C21H25N3O2S/c1-26-19-10-8-18(9-11-19)20(25)22-21(27)24-13-5-12-23(14-15-24)16-17-6-3-2-4-7-17/h2-4,6-11H,5,12-16H2,1H3,(H,22,25,27). The van der Waals surface area contributed by atoms with Crippen LogP contribution in [-0.2, 0) is 6.54 Å². The third-order valence-corrected chi connectivity index (χ3v) is 5.06. The van der Waals surface area contributed by atoms with E-state index in [1.165, 1.54) is 5.56 Å². The first-order chi connectivity index (χ1) is 13.2. The molecule has 1 amide bonds. The Morgan fingerprint density at radius 2 is 1.78 bits per heavy atom. The molecule has 0 spiro atoms. The van der Waals surface area contributed by atoms with Crippen LogP contribution in [0.25, 0.3) is 0 Å². The Bertz CT molecular complexity index is 765. The van der Waals surface area contributed by atoms with Crippen molar-refractivity contribution in [2.45, 2.75) is 13.0 Å². The van der Waals surface area contributed by atoms with E-state index in [9.17, 15) is 4.79 Å². The van der Waals surface area contributed by atoms with Crippen molar-refractivity contribution in [1.29, 1.82) is 0 Å². The van der Waals surface area contributed by atoms with Gasteiger partial charge in [0.05, 0.1) is 7.11 Å². The van der Waals surface area contributed by atoms with Crippen molar-refractivity contribution in [2.75, 3.05) is 33.3 Å². The van der Waals surface area contributed by atoms with Crippen molar-refractivity contribution in [3.63, 3.8) is 0 Å². The summed E-state index contributed by atoms with van der Waals surface area (Å²) < 4.78 is 5.12. The van der Waals surface area contributed by atoms with E-state index < -0.39 is 0 Å². The normalized spacial score (nSPS) is 15.1. The molecule has 0 aromatic heterocycles. The lowest BCUT2D eigenvalue weighted by Crippen LogP contribution is -2.44. The van der Waals surface area contributed by atoms with Crippen molar-refractivity contribution in [3.8, 4) is 5.75 Å². The minimum absolute atomic E-state index is 0.187. The summed E-state index contributed by atoms with van der Waals surface area (Å²) >= 11 is 5.48. The van der Waals surface area contributed by atoms with E-state index in [0.717, 1.165) is 44.9 Å². The van der Waals surface area contributed by atoms with Gasteiger partial charge < -0.3 is 9.64 Å². The highest BCUT2D eigenvalue weighted by Gasteiger charge is 2.18. The molecule has 1 N–H and O–H groups in total. The Kier molecular flexibility index (Phi) is 6.79. The molecule has 0 radical (unpaired) electrons. The molecule has 6 heteroatoms. The first kappa shape index (κ1) is 19.3. The number of ether oxygens (including phenoxy) is 1. The molecule has 1 fully saturated rings. The Labute approximate surface area is 165 Å². The van der Waals surface area contributed by atoms with Crippen LogP contribution in [0.15, 0.2) is 54.6 Å². The molecule has 5 nitrogen and oxygen atoms in total. The summed E-state index contributed by atoms with van der Waals surface area (Å²) in [6, 6.07) is 17.5. The molecule has 2 aromatic rings. The maximum atomic E-state index is 12.4. The maximum Gasteiger partial charge on any atom is 0.257 e. The van der Waals surface area contributed by atoms with Crippen LogP contribution in [0, 0.1) is 0 Å². The van der Waals surface area contributed by atoms with E-state index in [1.54, 1.807) is 31.4 Å². The van der Waals surface area contributed by atoms with Crippen LogP contribution in [0.3, 0.4) is 0 Å². The van der Waals surface area contributed by atoms with Gasteiger partial charge in [-0.15, -0.1) is 0 Å². The van der Waals surface area contributed by atoms with Gasteiger partial charge in [0.15, 0.2) is 5.11 Å². The second-order valence-corrected chi connectivity index (χ2v) is 6.98. The number of hydrogen-bond acceptors (Lipinski definition) is 4. The van der Waals surface area contributed by atoms with Crippen LogP contribution in [0.5, 0.6) is 5.75 Å². The van der Waals surface area contributed by atoms with E-state index in [4.69, 9.17) is 17.0 Å². The van der Waals surface area contributed by atoms with Crippen LogP contribution in [0.2, 0.25) is 0 Å². The number of benzene rings is 2. The number of thiocarbonyl (C=S) groups is 1. The number of nitrogens with zero attached hydrogens (tertiary/aromatic N) is 2. The molecule has 1 aliphatic heterocycles. The molecule has 1 heterocycles. The van der Waals surface area contributed by atoms with Gasteiger partial charge in [0.1, 0.15) is 5.75 Å². The second kappa shape index (κ2) is 9.48. The summed E-state index contributed by atoms with van der Waals surface area (Å²) in [5.74, 6) is 0.535. The third kappa shape index (κ3) is 5.52. The van der Waals surface area contributed by atoms with Crippen LogP contribution < -0.4 is 10.1 Å². The molecule has 0 unspecified atom stereocenters. The number of nitrogens with one attached hydrogen (secondary N) is 1. The molecule has 1 aliphatic rings. The SMILES string of the molecule is COc1ccc(C(=O)NC(=S)N2CCCN(Cc3ccccc3)CC2)cc1. The lowest BCUT2D eigenvalue weighted by atomic mass is 10.2. The summed E-state index contributed by atoms with van der Waals surface area (Å²) in [5, 5.41) is 3.35. The Morgan fingerprint density at radius 3 is 2.48 bits per heavy atom. The zero-order valence-corrected chi connectivity index (χ0v) is 16.4. The lowest BCUT2D eigenvalue weighted by Gasteiger charge is -2.24. The van der Waals surface area contributed by atoms with Gasteiger partial charge in [0, 0.05) is 38.3 Å². The van der Waals surface area contributed by atoms with Crippen molar-refractivity contribution in [2.24, 2.45) is 0 Å². The summed E-state index contributed by atoms with van der Waals surface area (Å²) in [4.78, 5) is 16.9. The molecular weight excluding hydrogens is 358 g/mol. The van der Waals surface area contributed by atoms with Crippen molar-refractivity contribution >= 4 is 23.2 Å². The molecule has 0 bridgehead atoms. The van der Waals surface area contributed by atoms with Gasteiger partial charge in [0.2, 0.25) is 0 Å². The Hall–Kier alpha value is -2.44. The zero-order valence-electron chi connectivity index (χ0n) is 15.6. The summed E-state index contributed by atoms with van der Waals surface area (Å²) in [5.41, 5.74) is 1.89. The van der Waals surface area contributed by atoms with Crippen LogP contribution in [0.1, 0.15) is 22.3 Å². The number of carbonyl (C=O) groups excluding carboxylic acids is 1. The van der Waals surface area contributed by atoms with Gasteiger partial charge in [-0.2, -0.15) is 0 Å². The monoisotopic (exact) mass is 383 g/mol. The number of hydrogen-bond donors (Lipinski definition) is 1. The van der Waals surface area contributed by atoms with E-state index >= 15 is 0 Å². The average molecular weight is 384 g/mol. The van der Waals surface area contributed by atoms with Crippen molar-refractivity contribution in [3.05, 3.63) is 65.7 Å². The maximum absolute atomic E-state index is 12.4. The second-order valence-electron chi connectivity index (χ2n) is 6.59. The molecule has 3 rings (SSSR count). The molecule has 1 saturated heterocycles. The van der Waals surface area contributed by atoms with Gasteiger partial charge in [-0.25, -0.2) is 0 Å². The fraction of sp³-hybridized carbons (Fsp3) is 0.333. The largest absolute Gasteiger partial charge is 0.497 e. The van der Waals surface area contributed by atoms with E-state index in [1.807, 2.05) is 6.07 Å². The van der Waals surface area contributed by atoms with Gasteiger partial charge in [0.25, 0.3) is 5.91 Å². The quantitative estimate of drug-likeness (QED) is 0.823. The van der Waals surface area contributed by atoms with E-state index in [2.05, 4.69) is 39.4 Å². The van der Waals surface area contributed by atoms with Gasteiger partial charge in [-0.1, -0.05) is 30.3 Å². The molecule has 0 aliphatic carbocycles. The van der Waals surface area contributed by atoms with Crippen molar-refractivity contribution < 1.29 is 9.53 Å².